The van der Waals surface area contributed by atoms with Gasteiger partial charge in [-0.25, -0.2) is 0 Å². The average molecular weight is 382 g/mol. The third-order valence-electron chi connectivity index (χ3n) is 6.24. The zero-order valence-corrected chi connectivity index (χ0v) is 17.1. The maximum atomic E-state index is 10.9. The molecule has 4 heteroatoms. The van der Waals surface area contributed by atoms with E-state index in [0.29, 0.717) is 6.04 Å². The maximum Gasteiger partial charge on any atom is 0.122 e. The van der Waals surface area contributed by atoms with E-state index in [1.807, 2.05) is 12.1 Å². The van der Waals surface area contributed by atoms with Gasteiger partial charge in [0.2, 0.25) is 0 Å². The van der Waals surface area contributed by atoms with E-state index in [0.717, 1.165) is 25.3 Å². The van der Waals surface area contributed by atoms with Gasteiger partial charge in [0, 0.05) is 18.5 Å². The Balaban J connectivity index is 0.00000243. The van der Waals surface area contributed by atoms with Gasteiger partial charge in [-0.05, 0) is 37.4 Å². The molecule has 1 aliphatic heterocycles. The number of likely N-dealkylation sites (tertiary alicyclic amines) is 1. The highest BCUT2D eigenvalue weighted by Gasteiger charge is 2.33. The second-order valence-electron chi connectivity index (χ2n) is 7.91. The van der Waals surface area contributed by atoms with Crippen LogP contribution in [0.5, 0.6) is 5.75 Å². The van der Waals surface area contributed by atoms with Crippen LogP contribution in [0.1, 0.15) is 75.7 Å². The lowest BCUT2D eigenvalue weighted by molar-refractivity contribution is 0.0234. The van der Waals surface area contributed by atoms with Gasteiger partial charge < -0.3 is 9.84 Å². The van der Waals surface area contributed by atoms with Gasteiger partial charge in [0.25, 0.3) is 0 Å². The van der Waals surface area contributed by atoms with Crippen LogP contribution in [0.25, 0.3) is 0 Å². The average Bonchev–Trinajstić information content (AvgIpc) is 2.66. The van der Waals surface area contributed by atoms with Gasteiger partial charge in [-0.2, -0.15) is 0 Å². The van der Waals surface area contributed by atoms with E-state index in [2.05, 4.69) is 17.0 Å². The van der Waals surface area contributed by atoms with Crippen molar-refractivity contribution in [2.75, 3.05) is 20.2 Å². The van der Waals surface area contributed by atoms with E-state index in [1.165, 1.54) is 63.4 Å². The first-order chi connectivity index (χ1) is 12.3. The van der Waals surface area contributed by atoms with Crippen LogP contribution in [-0.2, 0) is 0 Å². The predicted molar refractivity (Wildman–Crippen MR) is 111 cm³/mol. The lowest BCUT2D eigenvalue weighted by Gasteiger charge is -2.41. The summed E-state index contributed by atoms with van der Waals surface area (Å²) in [5.74, 6) is 1.12. The molecule has 3 nitrogen and oxygen atoms in total. The lowest BCUT2D eigenvalue weighted by Crippen LogP contribution is -2.47. The first-order valence-electron chi connectivity index (χ1n) is 10.3. The van der Waals surface area contributed by atoms with Gasteiger partial charge in [-0.1, -0.05) is 63.1 Å². The number of benzene rings is 1. The second-order valence-corrected chi connectivity index (χ2v) is 7.91. The molecule has 1 aromatic carbocycles. The minimum absolute atomic E-state index is 0. The highest BCUT2D eigenvalue weighted by molar-refractivity contribution is 5.85. The summed E-state index contributed by atoms with van der Waals surface area (Å²) >= 11 is 0. The molecule has 3 rings (SSSR count). The van der Waals surface area contributed by atoms with Crippen LogP contribution in [0, 0.1) is 0 Å². The first-order valence-corrected chi connectivity index (χ1v) is 10.3. The van der Waals surface area contributed by atoms with Crippen LogP contribution in [0.3, 0.4) is 0 Å². The smallest absolute Gasteiger partial charge is 0.122 e. The standard InChI is InChI=1S/C22H35NO2.ClH/c1-25-22-14-10-9-13-20(22)19-15-16-23(17-21(19)24)18-11-7-5-3-2-4-6-8-12-18;/h9-10,13-14,18-19,21,24H,2-8,11-12,15-17H2,1H3;1H. The first kappa shape index (κ1) is 21.5. The summed E-state index contributed by atoms with van der Waals surface area (Å²) in [5.41, 5.74) is 1.17. The minimum Gasteiger partial charge on any atom is -0.496 e. The van der Waals surface area contributed by atoms with Crippen molar-refractivity contribution in [3.63, 3.8) is 0 Å². The third-order valence-corrected chi connectivity index (χ3v) is 6.24. The summed E-state index contributed by atoms with van der Waals surface area (Å²) in [4.78, 5) is 2.58. The summed E-state index contributed by atoms with van der Waals surface area (Å²) < 4.78 is 5.52. The van der Waals surface area contributed by atoms with E-state index >= 15 is 0 Å². The molecule has 26 heavy (non-hydrogen) atoms. The normalized spacial score (nSPS) is 26.7. The van der Waals surface area contributed by atoms with Crippen LogP contribution in [0.15, 0.2) is 24.3 Å². The van der Waals surface area contributed by atoms with Gasteiger partial charge in [0.05, 0.1) is 13.2 Å². The Labute approximate surface area is 165 Å². The number of rotatable bonds is 3. The topological polar surface area (TPSA) is 32.7 Å². The van der Waals surface area contributed by atoms with Crippen molar-refractivity contribution >= 4 is 12.4 Å². The van der Waals surface area contributed by atoms with Crippen LogP contribution >= 0.6 is 12.4 Å². The van der Waals surface area contributed by atoms with Gasteiger partial charge in [-0.3, -0.25) is 4.90 Å². The lowest BCUT2D eigenvalue weighted by atomic mass is 9.85. The highest BCUT2D eigenvalue weighted by atomic mass is 35.5. The molecule has 1 aromatic rings. The zero-order chi connectivity index (χ0) is 17.5. The Kier molecular flexibility index (Phi) is 9.24. The number of halogens is 1. The minimum atomic E-state index is -0.291. The molecule has 1 saturated carbocycles. The Hall–Kier alpha value is -0.770. The van der Waals surface area contributed by atoms with Crippen molar-refractivity contribution in [1.82, 2.24) is 4.90 Å². The van der Waals surface area contributed by atoms with E-state index < -0.39 is 0 Å². The van der Waals surface area contributed by atoms with Crippen molar-refractivity contribution in [2.24, 2.45) is 0 Å². The Morgan fingerprint density at radius 2 is 1.54 bits per heavy atom. The molecule has 0 bridgehead atoms. The van der Waals surface area contributed by atoms with Gasteiger partial charge in [0.15, 0.2) is 0 Å². The number of hydrogen-bond donors (Lipinski definition) is 1. The van der Waals surface area contributed by atoms with Crippen molar-refractivity contribution < 1.29 is 9.84 Å². The second kappa shape index (κ2) is 11.2. The highest BCUT2D eigenvalue weighted by Crippen LogP contribution is 2.35. The molecule has 148 valence electrons. The largest absolute Gasteiger partial charge is 0.496 e. The molecule has 0 amide bonds. The molecular formula is C22H36ClNO2. The molecule has 2 fully saturated rings. The predicted octanol–water partition coefficient (Wildman–Crippen LogP) is 5.16. The summed E-state index contributed by atoms with van der Waals surface area (Å²) in [6, 6.07) is 8.86. The number of aliphatic hydroxyl groups excluding tert-OH is 1. The van der Waals surface area contributed by atoms with Gasteiger partial charge in [-0.15, -0.1) is 12.4 Å². The van der Waals surface area contributed by atoms with Gasteiger partial charge >= 0.3 is 0 Å². The number of β-amino-alcohol motifs (C(OH)–C–C–N with tert-alkyl or cyclic N) is 1. The van der Waals surface area contributed by atoms with Crippen LogP contribution < -0.4 is 4.74 Å². The number of ether oxygens (including phenoxy) is 1. The summed E-state index contributed by atoms with van der Waals surface area (Å²) in [5, 5.41) is 10.9. The number of para-hydroxylation sites is 1. The summed E-state index contributed by atoms with van der Waals surface area (Å²) in [6.07, 6.45) is 13.1. The fourth-order valence-electron chi connectivity index (χ4n) is 4.78. The van der Waals surface area contributed by atoms with Crippen LogP contribution in [0.4, 0.5) is 0 Å². The fraction of sp³-hybridized carbons (Fsp3) is 0.727. The molecule has 1 aliphatic carbocycles. The molecule has 2 atom stereocenters. The van der Waals surface area contributed by atoms with Crippen molar-refractivity contribution in [3.05, 3.63) is 29.8 Å². The van der Waals surface area contributed by atoms with E-state index in [1.54, 1.807) is 7.11 Å². The van der Waals surface area contributed by atoms with E-state index in [-0.39, 0.29) is 24.4 Å². The van der Waals surface area contributed by atoms with Crippen molar-refractivity contribution in [2.45, 2.75) is 82.3 Å². The fourth-order valence-corrected chi connectivity index (χ4v) is 4.78. The quantitative estimate of drug-likeness (QED) is 0.784. The van der Waals surface area contributed by atoms with E-state index in [4.69, 9.17) is 4.74 Å². The third kappa shape index (κ3) is 5.61. The number of piperidine rings is 1. The molecule has 0 radical (unpaired) electrons. The van der Waals surface area contributed by atoms with Crippen LogP contribution in [0.2, 0.25) is 0 Å². The maximum absolute atomic E-state index is 10.9. The van der Waals surface area contributed by atoms with Crippen molar-refractivity contribution in [3.8, 4) is 5.75 Å². The zero-order valence-electron chi connectivity index (χ0n) is 16.2. The molecule has 0 aromatic heterocycles. The summed E-state index contributed by atoms with van der Waals surface area (Å²) in [6.45, 7) is 1.91. The Morgan fingerprint density at radius 1 is 0.923 bits per heavy atom. The number of hydrogen-bond acceptors (Lipinski definition) is 3. The SMILES string of the molecule is COc1ccccc1C1CCN(C2CCCCCCCCC2)CC1O.Cl. The monoisotopic (exact) mass is 381 g/mol. The molecule has 1 N–H and O–H groups in total. The van der Waals surface area contributed by atoms with Crippen LogP contribution in [-0.4, -0.2) is 42.4 Å². The summed E-state index contributed by atoms with van der Waals surface area (Å²) in [7, 11) is 1.72. The Bertz CT molecular complexity index is 515. The number of aliphatic hydroxyl groups is 1. The molecule has 2 aliphatic rings. The van der Waals surface area contributed by atoms with Gasteiger partial charge in [0.1, 0.15) is 5.75 Å². The molecular weight excluding hydrogens is 346 g/mol. The molecule has 2 unspecified atom stereocenters. The molecule has 1 saturated heterocycles. The molecule has 1 heterocycles. The van der Waals surface area contributed by atoms with Crippen molar-refractivity contribution in [1.29, 1.82) is 0 Å². The number of nitrogens with zero attached hydrogens (tertiary/aromatic N) is 1. The number of methoxy groups -OCH3 is 1. The molecule has 0 spiro atoms. The van der Waals surface area contributed by atoms with E-state index in [9.17, 15) is 5.11 Å². The Morgan fingerprint density at radius 3 is 2.15 bits per heavy atom.